The SMILES string of the molecule is CC(=O)N1CCC(NC(=O)OCc2ccccc2)(C(=O)O)C1. The van der Waals surface area contributed by atoms with Crippen LogP contribution in [-0.4, -0.2) is 46.6 Å². The normalized spacial score (nSPS) is 20.5. The Balaban J connectivity index is 1.95. The molecule has 0 saturated carbocycles. The molecule has 1 heterocycles. The van der Waals surface area contributed by atoms with E-state index in [0.717, 1.165) is 5.56 Å². The summed E-state index contributed by atoms with van der Waals surface area (Å²) in [4.78, 5) is 36.1. The molecule has 1 aliphatic heterocycles. The summed E-state index contributed by atoms with van der Waals surface area (Å²) < 4.78 is 5.04. The first-order valence-corrected chi connectivity index (χ1v) is 6.91. The van der Waals surface area contributed by atoms with Crippen LogP contribution < -0.4 is 5.32 Å². The second-order valence-electron chi connectivity index (χ2n) is 5.26. The number of carboxylic acid groups (broad SMARTS) is 1. The Morgan fingerprint density at radius 1 is 1.32 bits per heavy atom. The second kappa shape index (κ2) is 6.46. The van der Waals surface area contributed by atoms with Crippen LogP contribution in [0.15, 0.2) is 30.3 Å². The minimum absolute atomic E-state index is 0.0544. The summed E-state index contributed by atoms with van der Waals surface area (Å²) in [6.45, 7) is 1.66. The molecule has 22 heavy (non-hydrogen) atoms. The summed E-state index contributed by atoms with van der Waals surface area (Å²) in [5.74, 6) is -1.39. The zero-order valence-corrected chi connectivity index (χ0v) is 12.2. The van der Waals surface area contributed by atoms with Crippen LogP contribution in [0, 0.1) is 0 Å². The molecule has 2 N–H and O–H groups in total. The van der Waals surface area contributed by atoms with Gasteiger partial charge in [-0.25, -0.2) is 9.59 Å². The molecule has 0 radical (unpaired) electrons. The van der Waals surface area contributed by atoms with Crippen molar-refractivity contribution in [2.24, 2.45) is 0 Å². The number of carbonyl (C=O) groups is 3. The quantitative estimate of drug-likeness (QED) is 0.864. The molecule has 118 valence electrons. The molecular formula is C15H18N2O5. The van der Waals surface area contributed by atoms with Gasteiger partial charge in [-0.1, -0.05) is 30.3 Å². The van der Waals surface area contributed by atoms with Crippen molar-refractivity contribution in [3.63, 3.8) is 0 Å². The van der Waals surface area contributed by atoms with Gasteiger partial charge in [0.25, 0.3) is 0 Å². The summed E-state index contributed by atoms with van der Waals surface area (Å²) in [7, 11) is 0. The number of ether oxygens (including phenoxy) is 1. The Hall–Kier alpha value is -2.57. The highest BCUT2D eigenvalue weighted by molar-refractivity contribution is 5.86. The molecule has 1 aromatic rings. The maximum Gasteiger partial charge on any atom is 0.408 e. The molecule has 2 amide bonds. The third-order valence-corrected chi connectivity index (χ3v) is 3.68. The molecule has 1 unspecified atom stereocenters. The number of carbonyl (C=O) groups excluding carboxylic acids is 2. The van der Waals surface area contributed by atoms with Gasteiger partial charge in [-0.2, -0.15) is 0 Å². The highest BCUT2D eigenvalue weighted by atomic mass is 16.5. The topological polar surface area (TPSA) is 95.9 Å². The van der Waals surface area contributed by atoms with E-state index in [1.807, 2.05) is 18.2 Å². The third-order valence-electron chi connectivity index (χ3n) is 3.68. The van der Waals surface area contributed by atoms with E-state index < -0.39 is 17.6 Å². The maximum atomic E-state index is 11.9. The van der Waals surface area contributed by atoms with Crippen molar-refractivity contribution in [3.8, 4) is 0 Å². The smallest absolute Gasteiger partial charge is 0.408 e. The standard InChI is InChI=1S/C15H18N2O5/c1-11(18)17-8-7-15(10-17,13(19)20)16-14(21)22-9-12-5-3-2-4-6-12/h2-6H,7-10H2,1H3,(H,16,21)(H,19,20). The van der Waals surface area contributed by atoms with Gasteiger partial charge in [0.1, 0.15) is 6.61 Å². The fourth-order valence-corrected chi connectivity index (χ4v) is 2.36. The molecule has 7 heteroatoms. The van der Waals surface area contributed by atoms with E-state index in [0.29, 0.717) is 6.54 Å². The molecular weight excluding hydrogens is 288 g/mol. The number of nitrogens with one attached hydrogen (secondary N) is 1. The number of carboxylic acids is 1. The van der Waals surface area contributed by atoms with E-state index in [9.17, 15) is 19.5 Å². The van der Waals surface area contributed by atoms with E-state index in [4.69, 9.17) is 4.74 Å². The van der Waals surface area contributed by atoms with Crippen molar-refractivity contribution >= 4 is 18.0 Å². The van der Waals surface area contributed by atoms with Gasteiger partial charge >= 0.3 is 12.1 Å². The lowest BCUT2D eigenvalue weighted by atomic mass is 9.99. The number of amides is 2. The zero-order chi connectivity index (χ0) is 16.2. The van der Waals surface area contributed by atoms with E-state index in [-0.39, 0.29) is 25.5 Å². The molecule has 1 saturated heterocycles. The first-order chi connectivity index (χ1) is 10.4. The Labute approximate surface area is 127 Å². The summed E-state index contributed by atoms with van der Waals surface area (Å²) in [5.41, 5.74) is -0.682. The number of benzene rings is 1. The van der Waals surface area contributed by atoms with Crippen LogP contribution in [0.4, 0.5) is 4.79 Å². The van der Waals surface area contributed by atoms with Crippen molar-refractivity contribution in [1.29, 1.82) is 0 Å². The van der Waals surface area contributed by atoms with Gasteiger partial charge in [0.2, 0.25) is 5.91 Å². The molecule has 0 aromatic heterocycles. The van der Waals surface area contributed by atoms with Crippen molar-refractivity contribution in [2.75, 3.05) is 13.1 Å². The number of aliphatic carboxylic acids is 1. The number of likely N-dealkylation sites (tertiary alicyclic amines) is 1. The van der Waals surface area contributed by atoms with Crippen LogP contribution in [0.5, 0.6) is 0 Å². The predicted octanol–water partition coefficient (Wildman–Crippen LogP) is 0.988. The number of hydrogen-bond acceptors (Lipinski definition) is 4. The van der Waals surface area contributed by atoms with E-state index in [1.54, 1.807) is 12.1 Å². The lowest BCUT2D eigenvalue weighted by Crippen LogP contribution is -2.56. The number of hydrogen-bond donors (Lipinski definition) is 2. The molecule has 1 atom stereocenters. The predicted molar refractivity (Wildman–Crippen MR) is 77.0 cm³/mol. The molecule has 1 fully saturated rings. The highest BCUT2D eigenvalue weighted by Gasteiger charge is 2.47. The summed E-state index contributed by atoms with van der Waals surface area (Å²) in [5, 5.41) is 11.8. The minimum atomic E-state index is -1.49. The minimum Gasteiger partial charge on any atom is -0.479 e. The Bertz CT molecular complexity index is 575. The lowest BCUT2D eigenvalue weighted by molar-refractivity contribution is -0.144. The molecule has 2 rings (SSSR count). The van der Waals surface area contributed by atoms with Crippen molar-refractivity contribution in [2.45, 2.75) is 25.5 Å². The second-order valence-corrected chi connectivity index (χ2v) is 5.26. The summed E-state index contributed by atoms with van der Waals surface area (Å²) in [6.07, 6.45) is -0.654. The average molecular weight is 306 g/mol. The maximum absolute atomic E-state index is 11.9. The monoisotopic (exact) mass is 306 g/mol. The zero-order valence-electron chi connectivity index (χ0n) is 12.2. The van der Waals surface area contributed by atoms with E-state index >= 15 is 0 Å². The molecule has 0 spiro atoms. The van der Waals surface area contributed by atoms with Crippen molar-refractivity contribution in [3.05, 3.63) is 35.9 Å². The summed E-state index contributed by atoms with van der Waals surface area (Å²) >= 11 is 0. The van der Waals surface area contributed by atoms with Gasteiger partial charge in [-0.05, 0) is 5.56 Å². The fraction of sp³-hybridized carbons (Fsp3) is 0.400. The van der Waals surface area contributed by atoms with Crippen LogP contribution in [0.1, 0.15) is 18.9 Å². The lowest BCUT2D eigenvalue weighted by Gasteiger charge is -2.25. The van der Waals surface area contributed by atoms with Gasteiger partial charge in [0.15, 0.2) is 5.54 Å². The van der Waals surface area contributed by atoms with Crippen molar-refractivity contribution in [1.82, 2.24) is 10.2 Å². The number of alkyl carbamates (subject to hydrolysis) is 1. The van der Waals surface area contributed by atoms with Crippen LogP contribution in [0.2, 0.25) is 0 Å². The average Bonchev–Trinajstić information content (AvgIpc) is 2.92. The van der Waals surface area contributed by atoms with Crippen LogP contribution in [0.25, 0.3) is 0 Å². The van der Waals surface area contributed by atoms with E-state index in [1.165, 1.54) is 11.8 Å². The number of nitrogens with zero attached hydrogens (tertiary/aromatic N) is 1. The first-order valence-electron chi connectivity index (χ1n) is 6.91. The molecule has 1 aromatic carbocycles. The van der Waals surface area contributed by atoms with Gasteiger partial charge in [0, 0.05) is 19.9 Å². The van der Waals surface area contributed by atoms with Crippen molar-refractivity contribution < 1.29 is 24.2 Å². The van der Waals surface area contributed by atoms with Crippen LogP contribution >= 0.6 is 0 Å². The first kappa shape index (κ1) is 15.8. The Morgan fingerprint density at radius 3 is 2.55 bits per heavy atom. The van der Waals surface area contributed by atoms with Gasteiger partial charge in [-0.3, -0.25) is 4.79 Å². The molecule has 0 bridgehead atoms. The van der Waals surface area contributed by atoms with Gasteiger partial charge in [0.05, 0.1) is 6.54 Å². The fourth-order valence-electron chi connectivity index (χ4n) is 2.36. The summed E-state index contributed by atoms with van der Waals surface area (Å²) in [6, 6.07) is 9.08. The third kappa shape index (κ3) is 3.55. The number of rotatable bonds is 4. The Kier molecular flexibility index (Phi) is 4.65. The Morgan fingerprint density at radius 2 is 2.00 bits per heavy atom. The van der Waals surface area contributed by atoms with Crippen LogP contribution in [0.3, 0.4) is 0 Å². The van der Waals surface area contributed by atoms with Gasteiger partial charge in [-0.15, -0.1) is 0 Å². The van der Waals surface area contributed by atoms with Gasteiger partial charge < -0.3 is 20.1 Å². The van der Waals surface area contributed by atoms with E-state index in [2.05, 4.69) is 5.32 Å². The highest BCUT2D eigenvalue weighted by Crippen LogP contribution is 2.22. The van der Waals surface area contributed by atoms with Crippen LogP contribution in [-0.2, 0) is 20.9 Å². The molecule has 1 aliphatic rings. The molecule has 0 aliphatic carbocycles. The molecule has 7 nitrogen and oxygen atoms in total. The largest absolute Gasteiger partial charge is 0.479 e.